The molecule has 0 aliphatic carbocycles. The van der Waals surface area contributed by atoms with Crippen LogP contribution in [0, 0.1) is 0 Å². The van der Waals surface area contributed by atoms with E-state index in [1.807, 2.05) is 11.8 Å². The first-order chi connectivity index (χ1) is 12.7. The second kappa shape index (κ2) is 13.8. The van der Waals surface area contributed by atoms with Crippen molar-refractivity contribution in [1.82, 2.24) is 15.5 Å². The minimum absolute atomic E-state index is 0. The molecule has 2 N–H and O–H groups in total. The molecule has 0 atom stereocenters. The molecule has 1 aliphatic rings. The van der Waals surface area contributed by atoms with Gasteiger partial charge in [0.1, 0.15) is 0 Å². The zero-order valence-electron chi connectivity index (χ0n) is 16.5. The van der Waals surface area contributed by atoms with Crippen LogP contribution in [-0.2, 0) is 22.6 Å². The summed E-state index contributed by atoms with van der Waals surface area (Å²) in [6, 6.07) is 8.39. The summed E-state index contributed by atoms with van der Waals surface area (Å²) in [4.78, 5) is 18.0. The molecule has 152 valence electrons. The Labute approximate surface area is 180 Å². The fourth-order valence-corrected chi connectivity index (χ4v) is 3.02. The highest BCUT2D eigenvalue weighted by atomic mass is 127. The number of likely N-dealkylation sites (tertiary alicyclic amines) is 1. The normalized spacial score (nSPS) is 14.2. The number of nitrogens with zero attached hydrogens (tertiary/aromatic N) is 2. The molecule has 6 nitrogen and oxygen atoms in total. The third kappa shape index (κ3) is 8.92. The zero-order valence-corrected chi connectivity index (χ0v) is 18.8. The average Bonchev–Trinajstić information content (AvgIpc) is 3.05. The number of amides is 1. The molecule has 1 saturated heterocycles. The Morgan fingerprint density at radius 2 is 2.07 bits per heavy atom. The van der Waals surface area contributed by atoms with Gasteiger partial charge in [0.05, 0.1) is 0 Å². The molecule has 0 aromatic heterocycles. The van der Waals surface area contributed by atoms with Crippen LogP contribution in [0.5, 0.6) is 0 Å². The lowest BCUT2D eigenvalue weighted by Gasteiger charge is -2.16. The fourth-order valence-electron chi connectivity index (χ4n) is 3.02. The van der Waals surface area contributed by atoms with Crippen molar-refractivity contribution in [2.75, 3.05) is 33.4 Å². The number of ether oxygens (including phenoxy) is 1. The second-order valence-corrected chi connectivity index (χ2v) is 6.50. The highest BCUT2D eigenvalue weighted by molar-refractivity contribution is 14.0. The highest BCUT2D eigenvalue weighted by Gasteiger charge is 2.19. The van der Waals surface area contributed by atoms with E-state index >= 15 is 0 Å². The van der Waals surface area contributed by atoms with Gasteiger partial charge in [0.15, 0.2) is 5.96 Å². The Bertz CT molecular complexity index is 595. The van der Waals surface area contributed by atoms with E-state index < -0.39 is 0 Å². The van der Waals surface area contributed by atoms with Crippen molar-refractivity contribution < 1.29 is 9.53 Å². The van der Waals surface area contributed by atoms with Crippen LogP contribution in [0.1, 0.15) is 43.7 Å². The lowest BCUT2D eigenvalue weighted by Crippen LogP contribution is -2.37. The van der Waals surface area contributed by atoms with Gasteiger partial charge in [0.2, 0.25) is 5.91 Å². The predicted octanol–water partition coefficient (Wildman–Crippen LogP) is 2.91. The lowest BCUT2D eigenvalue weighted by molar-refractivity contribution is -0.128. The van der Waals surface area contributed by atoms with Crippen LogP contribution in [0.3, 0.4) is 0 Å². The van der Waals surface area contributed by atoms with Crippen LogP contribution in [0.15, 0.2) is 29.3 Å². The monoisotopic (exact) mass is 488 g/mol. The summed E-state index contributed by atoms with van der Waals surface area (Å²) >= 11 is 0. The molecule has 0 bridgehead atoms. The molecule has 1 heterocycles. The van der Waals surface area contributed by atoms with Gasteiger partial charge in [-0.3, -0.25) is 9.79 Å². The second-order valence-electron chi connectivity index (χ2n) is 6.50. The van der Waals surface area contributed by atoms with E-state index in [0.29, 0.717) is 19.5 Å². The third-order valence-corrected chi connectivity index (χ3v) is 4.43. The van der Waals surface area contributed by atoms with Gasteiger partial charge in [-0.05, 0) is 37.3 Å². The van der Waals surface area contributed by atoms with E-state index in [-0.39, 0.29) is 29.9 Å². The van der Waals surface area contributed by atoms with Gasteiger partial charge in [-0.2, -0.15) is 0 Å². The van der Waals surface area contributed by atoms with Crippen molar-refractivity contribution in [3.05, 3.63) is 35.4 Å². The van der Waals surface area contributed by atoms with E-state index in [4.69, 9.17) is 4.74 Å². The number of carbonyl (C=O) groups excluding carboxylic acids is 1. The first-order valence-electron chi connectivity index (χ1n) is 9.60. The summed E-state index contributed by atoms with van der Waals surface area (Å²) in [5.74, 6) is 1.07. The molecule has 0 saturated carbocycles. The quantitative estimate of drug-likeness (QED) is 0.230. The van der Waals surface area contributed by atoms with Gasteiger partial charge < -0.3 is 20.3 Å². The number of unbranched alkanes of at least 4 members (excludes halogenated alkanes) is 1. The molecule has 1 aliphatic heterocycles. The first-order valence-corrected chi connectivity index (χ1v) is 9.60. The molecule has 27 heavy (non-hydrogen) atoms. The van der Waals surface area contributed by atoms with Crippen molar-refractivity contribution in [2.45, 2.75) is 45.7 Å². The standard InChI is InChI=1S/C20H32N4O2.HI/c1-3-26-13-5-4-11-22-20(21-2)23-15-17-8-6-9-18(14-17)16-24-12-7-10-19(24)25;/h6,8-9,14H,3-5,7,10-13,15-16H2,1-2H3,(H2,21,22,23);1H. The van der Waals surface area contributed by atoms with Crippen LogP contribution < -0.4 is 10.6 Å². The summed E-state index contributed by atoms with van der Waals surface area (Å²) < 4.78 is 5.34. The molecule has 1 aromatic rings. The Morgan fingerprint density at radius 3 is 2.78 bits per heavy atom. The van der Waals surface area contributed by atoms with E-state index in [0.717, 1.165) is 51.5 Å². The van der Waals surface area contributed by atoms with Crippen LogP contribution in [-0.4, -0.2) is 50.1 Å². The maximum Gasteiger partial charge on any atom is 0.222 e. The zero-order chi connectivity index (χ0) is 18.6. The molecule has 0 unspecified atom stereocenters. The number of guanidine groups is 1. The largest absolute Gasteiger partial charge is 0.382 e. The average molecular weight is 488 g/mol. The number of hydrogen-bond acceptors (Lipinski definition) is 3. The SMILES string of the molecule is CCOCCCCNC(=NC)NCc1cccc(CN2CCCC2=O)c1.I. The number of benzene rings is 1. The molecule has 7 heteroatoms. The van der Waals surface area contributed by atoms with Gasteiger partial charge in [0.25, 0.3) is 0 Å². The van der Waals surface area contributed by atoms with Crippen LogP contribution >= 0.6 is 24.0 Å². The van der Waals surface area contributed by atoms with Gasteiger partial charge >= 0.3 is 0 Å². The number of carbonyl (C=O) groups is 1. The minimum Gasteiger partial charge on any atom is -0.382 e. The van der Waals surface area contributed by atoms with Crippen molar-refractivity contribution in [3.8, 4) is 0 Å². The van der Waals surface area contributed by atoms with Crippen molar-refractivity contribution >= 4 is 35.8 Å². The summed E-state index contributed by atoms with van der Waals surface area (Å²) in [7, 11) is 1.78. The maximum atomic E-state index is 11.8. The number of aliphatic imine (C=N–C) groups is 1. The Hall–Kier alpha value is -1.35. The van der Waals surface area contributed by atoms with Crippen molar-refractivity contribution in [1.29, 1.82) is 0 Å². The molecule has 1 fully saturated rings. The summed E-state index contributed by atoms with van der Waals surface area (Å²) in [6.45, 7) is 6.78. The fraction of sp³-hybridized carbons (Fsp3) is 0.600. The topological polar surface area (TPSA) is 66.0 Å². The maximum absolute atomic E-state index is 11.8. The molecular formula is C20H33IN4O2. The first kappa shape index (κ1) is 23.7. The minimum atomic E-state index is 0. The van der Waals surface area contributed by atoms with Gasteiger partial charge in [-0.15, -0.1) is 24.0 Å². The van der Waals surface area contributed by atoms with E-state index in [2.05, 4.69) is 39.9 Å². The number of rotatable bonds is 10. The molecule has 0 spiro atoms. The van der Waals surface area contributed by atoms with E-state index in [1.54, 1.807) is 7.05 Å². The Balaban J connectivity index is 0.00000364. The summed E-state index contributed by atoms with van der Waals surface area (Å²) in [5.41, 5.74) is 2.37. The van der Waals surface area contributed by atoms with Gasteiger partial charge in [-0.1, -0.05) is 24.3 Å². The Kier molecular flexibility index (Phi) is 12.1. The van der Waals surface area contributed by atoms with E-state index in [9.17, 15) is 4.79 Å². The number of nitrogens with one attached hydrogen (secondary N) is 2. The number of halogens is 1. The Morgan fingerprint density at radius 1 is 1.26 bits per heavy atom. The van der Waals surface area contributed by atoms with Crippen LogP contribution in [0.2, 0.25) is 0 Å². The van der Waals surface area contributed by atoms with Crippen molar-refractivity contribution in [3.63, 3.8) is 0 Å². The molecule has 2 rings (SSSR count). The van der Waals surface area contributed by atoms with Gasteiger partial charge in [0, 0.05) is 52.9 Å². The molecule has 1 aromatic carbocycles. The summed E-state index contributed by atoms with van der Waals surface area (Å²) in [5, 5.41) is 6.67. The van der Waals surface area contributed by atoms with Crippen molar-refractivity contribution in [2.24, 2.45) is 4.99 Å². The lowest BCUT2D eigenvalue weighted by atomic mass is 10.1. The highest BCUT2D eigenvalue weighted by Crippen LogP contribution is 2.15. The molecule has 1 amide bonds. The number of hydrogen-bond donors (Lipinski definition) is 2. The van der Waals surface area contributed by atoms with Crippen LogP contribution in [0.25, 0.3) is 0 Å². The third-order valence-electron chi connectivity index (χ3n) is 4.43. The van der Waals surface area contributed by atoms with Crippen LogP contribution in [0.4, 0.5) is 0 Å². The molecular weight excluding hydrogens is 455 g/mol. The summed E-state index contributed by atoms with van der Waals surface area (Å²) in [6.07, 6.45) is 3.77. The smallest absolute Gasteiger partial charge is 0.222 e. The van der Waals surface area contributed by atoms with E-state index in [1.165, 1.54) is 11.1 Å². The van der Waals surface area contributed by atoms with Gasteiger partial charge in [-0.25, -0.2) is 0 Å². The molecule has 0 radical (unpaired) electrons. The predicted molar refractivity (Wildman–Crippen MR) is 120 cm³/mol.